The fourth-order valence-corrected chi connectivity index (χ4v) is 5.07. The molecule has 1 aliphatic rings. The molecule has 0 spiro atoms. The van der Waals surface area contributed by atoms with E-state index in [0.717, 1.165) is 5.56 Å². The van der Waals surface area contributed by atoms with Crippen molar-refractivity contribution in [1.82, 2.24) is 0 Å². The standard InChI is InChI=1S/C27H39BrN2O7/c1-15-10-18-13-19(14-20(31)24(18)28)30-23(32)9-7-6-8-21(35-4)26(37-27(29)34)17(3)12-16(2)25(33)22(11-15)36-5/h7,9,12-16,21-22,25-26,31,33H,6,8,10-11H2,1-5H3,(H2,29,34)(H,30,32)/b9-7+,17-12+/t15-,16+,21+,22-,25-,26+/m1/s1. The summed E-state index contributed by atoms with van der Waals surface area (Å²) >= 11 is 3.44. The van der Waals surface area contributed by atoms with Crippen LogP contribution in [0.1, 0.15) is 45.6 Å². The van der Waals surface area contributed by atoms with Gasteiger partial charge < -0.3 is 35.5 Å². The number of aromatic hydroxyl groups is 1. The molecule has 0 saturated heterocycles. The number of aliphatic hydroxyl groups excluding tert-OH is 1. The van der Waals surface area contributed by atoms with Crippen molar-refractivity contribution in [2.24, 2.45) is 17.6 Å². The second-order valence-electron chi connectivity index (χ2n) is 9.65. The van der Waals surface area contributed by atoms with Crippen LogP contribution in [0.2, 0.25) is 0 Å². The van der Waals surface area contributed by atoms with Crippen molar-refractivity contribution in [2.75, 3.05) is 19.5 Å². The van der Waals surface area contributed by atoms with E-state index in [1.54, 1.807) is 20.1 Å². The number of hydrogen-bond donors (Lipinski definition) is 4. The summed E-state index contributed by atoms with van der Waals surface area (Å²) in [7, 11) is 3.07. The third-order valence-corrected chi connectivity index (χ3v) is 7.48. The molecule has 0 fully saturated rings. The Hall–Kier alpha value is -2.40. The first-order valence-electron chi connectivity index (χ1n) is 12.3. The number of nitrogens with one attached hydrogen (secondary N) is 1. The van der Waals surface area contributed by atoms with Crippen LogP contribution in [0, 0.1) is 11.8 Å². The normalized spacial score (nSPS) is 30.6. The minimum Gasteiger partial charge on any atom is -0.507 e. The third-order valence-electron chi connectivity index (χ3n) is 6.57. The van der Waals surface area contributed by atoms with Crippen LogP contribution in [0.25, 0.3) is 0 Å². The molecule has 0 unspecified atom stereocenters. The monoisotopic (exact) mass is 582 g/mol. The Labute approximate surface area is 227 Å². The van der Waals surface area contributed by atoms with Gasteiger partial charge >= 0.3 is 6.09 Å². The second-order valence-corrected chi connectivity index (χ2v) is 10.4. The van der Waals surface area contributed by atoms with Gasteiger partial charge in [0.05, 0.1) is 22.8 Å². The highest BCUT2D eigenvalue weighted by Gasteiger charge is 2.30. The summed E-state index contributed by atoms with van der Waals surface area (Å²) in [6.07, 6.45) is 3.49. The van der Waals surface area contributed by atoms with Crippen LogP contribution < -0.4 is 11.1 Å². The van der Waals surface area contributed by atoms with Crippen molar-refractivity contribution in [3.8, 4) is 5.75 Å². The average Bonchev–Trinajstić information content (AvgIpc) is 2.83. The number of amides is 2. The molecule has 5 N–H and O–H groups in total. The lowest BCUT2D eigenvalue weighted by Crippen LogP contribution is -2.37. The maximum Gasteiger partial charge on any atom is 0.405 e. The molecule has 0 radical (unpaired) electrons. The number of primary amides is 1. The molecule has 0 aliphatic carbocycles. The molecule has 0 aromatic heterocycles. The Morgan fingerprint density at radius 3 is 2.49 bits per heavy atom. The van der Waals surface area contributed by atoms with Gasteiger partial charge in [-0.3, -0.25) is 4.79 Å². The number of ether oxygens (including phenoxy) is 3. The van der Waals surface area contributed by atoms with Gasteiger partial charge in [0, 0.05) is 31.9 Å². The number of phenolic OH excluding ortho intramolecular Hbond substituents is 1. The molecule has 1 aromatic carbocycles. The number of halogens is 1. The van der Waals surface area contributed by atoms with Crippen LogP contribution >= 0.6 is 15.9 Å². The second kappa shape index (κ2) is 14.5. The lowest BCUT2D eigenvalue weighted by Gasteiger charge is -2.30. The molecular weight excluding hydrogens is 544 g/mol. The Balaban J connectivity index is 2.45. The Morgan fingerprint density at radius 2 is 1.86 bits per heavy atom. The number of carbonyl (C=O) groups excluding carboxylic acids is 2. The molecule has 2 bridgehead atoms. The van der Waals surface area contributed by atoms with Gasteiger partial charge in [-0.1, -0.05) is 26.0 Å². The van der Waals surface area contributed by atoms with Crippen LogP contribution in [-0.4, -0.2) is 60.8 Å². The zero-order valence-corrected chi connectivity index (χ0v) is 23.7. The Kier molecular flexibility index (Phi) is 12.1. The van der Waals surface area contributed by atoms with E-state index in [1.807, 2.05) is 26.0 Å². The number of hydrogen-bond acceptors (Lipinski definition) is 7. The highest BCUT2D eigenvalue weighted by atomic mass is 79.9. The molecule has 2 rings (SSSR count). The quantitative estimate of drug-likeness (QED) is 0.386. The maximum atomic E-state index is 12.5. The average molecular weight is 584 g/mol. The van der Waals surface area contributed by atoms with Crippen molar-refractivity contribution in [1.29, 1.82) is 0 Å². The van der Waals surface area contributed by atoms with E-state index in [1.165, 1.54) is 19.3 Å². The smallest absolute Gasteiger partial charge is 0.405 e. The lowest BCUT2D eigenvalue weighted by molar-refractivity contribution is -0.111. The predicted octanol–water partition coefficient (Wildman–Crippen LogP) is 4.45. The summed E-state index contributed by atoms with van der Waals surface area (Å²) in [6, 6.07) is 3.30. The molecule has 37 heavy (non-hydrogen) atoms. The van der Waals surface area contributed by atoms with Crippen LogP contribution in [0.15, 0.2) is 40.4 Å². The Bertz CT molecular complexity index is 997. The van der Waals surface area contributed by atoms with Crippen molar-refractivity contribution < 1.29 is 34.0 Å². The number of aliphatic hydroxyl groups is 1. The lowest BCUT2D eigenvalue weighted by atomic mass is 9.88. The summed E-state index contributed by atoms with van der Waals surface area (Å²) in [6.45, 7) is 5.70. The molecular formula is C27H39BrN2O7. The van der Waals surface area contributed by atoms with Gasteiger partial charge in [-0.2, -0.15) is 0 Å². The molecule has 9 nitrogen and oxygen atoms in total. The SMILES string of the molecule is CO[C@H]1CC/C=C/C(=O)Nc2cc(O)c(Br)c(c2)C[C@@H](C)C[C@@H](OC)[C@H](O)[C@@H](C)/C=C(\C)[C@@H]1OC(N)=O. The van der Waals surface area contributed by atoms with Crippen LogP contribution in [0.4, 0.5) is 10.5 Å². The fraction of sp³-hybridized carbons (Fsp3) is 0.556. The van der Waals surface area contributed by atoms with Gasteiger partial charge in [0.1, 0.15) is 5.75 Å². The maximum absolute atomic E-state index is 12.5. The van der Waals surface area contributed by atoms with Crippen molar-refractivity contribution >= 4 is 33.6 Å². The summed E-state index contributed by atoms with van der Waals surface area (Å²) in [5.41, 5.74) is 7.32. The first-order valence-corrected chi connectivity index (χ1v) is 13.1. The van der Waals surface area contributed by atoms with Crippen LogP contribution in [0.3, 0.4) is 0 Å². The van der Waals surface area contributed by atoms with E-state index in [-0.39, 0.29) is 23.5 Å². The van der Waals surface area contributed by atoms with Gasteiger partial charge in [0.25, 0.3) is 0 Å². The molecule has 10 heteroatoms. The van der Waals surface area contributed by atoms with Gasteiger partial charge in [-0.25, -0.2) is 4.79 Å². The molecule has 0 saturated carbocycles. The molecule has 1 heterocycles. The minimum atomic E-state index is -0.930. The first-order chi connectivity index (χ1) is 17.5. The molecule has 1 aromatic rings. The van der Waals surface area contributed by atoms with Gasteiger partial charge in [0.15, 0.2) is 6.10 Å². The van der Waals surface area contributed by atoms with Gasteiger partial charge in [-0.05, 0) is 77.7 Å². The van der Waals surface area contributed by atoms with Crippen LogP contribution in [-0.2, 0) is 25.4 Å². The predicted molar refractivity (Wildman–Crippen MR) is 145 cm³/mol. The number of methoxy groups -OCH3 is 2. The number of carbonyl (C=O) groups is 2. The van der Waals surface area contributed by atoms with Crippen LogP contribution in [0.5, 0.6) is 5.75 Å². The van der Waals surface area contributed by atoms with E-state index in [0.29, 0.717) is 41.4 Å². The van der Waals surface area contributed by atoms with Crippen molar-refractivity contribution in [3.05, 3.63) is 46.0 Å². The number of phenols is 1. The number of fused-ring (bicyclic) bond motifs is 2. The first kappa shape index (κ1) is 30.8. The van der Waals surface area contributed by atoms with E-state index in [4.69, 9.17) is 19.9 Å². The fourth-order valence-electron chi connectivity index (χ4n) is 4.68. The van der Waals surface area contributed by atoms with E-state index in [9.17, 15) is 19.8 Å². The van der Waals surface area contributed by atoms with Gasteiger partial charge in [0.2, 0.25) is 5.91 Å². The number of allylic oxidation sites excluding steroid dienone is 1. The van der Waals surface area contributed by atoms with Gasteiger partial charge in [-0.15, -0.1) is 0 Å². The van der Waals surface area contributed by atoms with Crippen molar-refractivity contribution in [2.45, 2.75) is 70.9 Å². The van der Waals surface area contributed by atoms with E-state index >= 15 is 0 Å². The van der Waals surface area contributed by atoms with Crippen molar-refractivity contribution in [3.63, 3.8) is 0 Å². The number of anilines is 1. The Morgan fingerprint density at radius 1 is 1.19 bits per heavy atom. The molecule has 6 atom stereocenters. The number of rotatable bonds is 3. The summed E-state index contributed by atoms with van der Waals surface area (Å²) in [5.74, 6) is -0.568. The highest BCUT2D eigenvalue weighted by molar-refractivity contribution is 9.10. The third kappa shape index (κ3) is 9.14. The van der Waals surface area contributed by atoms with E-state index in [2.05, 4.69) is 21.2 Å². The molecule has 206 valence electrons. The molecule has 2 amide bonds. The topological polar surface area (TPSA) is 140 Å². The largest absolute Gasteiger partial charge is 0.507 e. The number of nitrogens with two attached hydrogens (primary N) is 1. The molecule has 1 aliphatic heterocycles. The summed E-state index contributed by atoms with van der Waals surface area (Å²) in [5, 5.41) is 24.3. The summed E-state index contributed by atoms with van der Waals surface area (Å²) < 4.78 is 17.2. The minimum absolute atomic E-state index is 0.0239. The summed E-state index contributed by atoms with van der Waals surface area (Å²) in [4.78, 5) is 24.1. The zero-order chi connectivity index (χ0) is 27.7. The zero-order valence-electron chi connectivity index (χ0n) is 22.1. The highest BCUT2D eigenvalue weighted by Crippen LogP contribution is 2.34. The van der Waals surface area contributed by atoms with E-state index < -0.39 is 30.5 Å². The number of benzene rings is 1.